The van der Waals surface area contributed by atoms with Crippen molar-refractivity contribution in [3.05, 3.63) is 11.9 Å². The molecule has 1 amide bonds. The lowest BCUT2D eigenvalue weighted by Gasteiger charge is -2.14. The van der Waals surface area contributed by atoms with Gasteiger partial charge in [-0.05, 0) is 25.7 Å². The minimum atomic E-state index is -0.0783. The second-order valence-corrected chi connectivity index (χ2v) is 5.26. The summed E-state index contributed by atoms with van der Waals surface area (Å²) in [4.78, 5) is 16.5. The molecule has 2 aliphatic rings. The van der Waals surface area contributed by atoms with Crippen molar-refractivity contribution in [2.75, 3.05) is 19.0 Å². The number of amides is 1. The molecule has 1 aliphatic heterocycles. The number of hydrogen-bond donors (Lipinski definition) is 2. The van der Waals surface area contributed by atoms with E-state index in [1.807, 2.05) is 10.8 Å². The molecule has 0 radical (unpaired) electrons. The van der Waals surface area contributed by atoms with Crippen molar-refractivity contribution in [3.63, 3.8) is 0 Å². The van der Waals surface area contributed by atoms with Crippen LogP contribution in [0.1, 0.15) is 36.2 Å². The number of aryl methyl sites for hydroxylation is 1. The quantitative estimate of drug-likeness (QED) is 0.854. The Balaban J connectivity index is 1.62. The number of aromatic nitrogens is 2. The summed E-state index contributed by atoms with van der Waals surface area (Å²) in [5.41, 5.74) is 0.505. The van der Waals surface area contributed by atoms with Crippen LogP contribution >= 0.6 is 0 Å². The van der Waals surface area contributed by atoms with Crippen LogP contribution in [0.4, 0.5) is 5.95 Å². The fraction of sp³-hybridized carbons (Fsp3) is 0.692. The van der Waals surface area contributed by atoms with E-state index in [0.29, 0.717) is 5.69 Å². The van der Waals surface area contributed by atoms with Crippen molar-refractivity contribution in [1.29, 1.82) is 0 Å². The van der Waals surface area contributed by atoms with E-state index in [1.165, 1.54) is 0 Å². The molecule has 2 unspecified atom stereocenters. The largest absolute Gasteiger partial charge is 0.381 e. The molecule has 1 aromatic rings. The molecule has 2 N–H and O–H groups in total. The van der Waals surface area contributed by atoms with Gasteiger partial charge in [-0.2, -0.15) is 0 Å². The van der Waals surface area contributed by atoms with Gasteiger partial charge in [-0.1, -0.05) is 0 Å². The lowest BCUT2D eigenvalue weighted by molar-refractivity contribution is 0.0911. The Hall–Kier alpha value is -1.56. The van der Waals surface area contributed by atoms with Gasteiger partial charge in [-0.3, -0.25) is 4.79 Å². The van der Waals surface area contributed by atoms with Gasteiger partial charge >= 0.3 is 0 Å². The van der Waals surface area contributed by atoms with Crippen molar-refractivity contribution >= 4 is 11.9 Å². The number of carbonyl (C=O) groups excluding carboxylic acids is 1. The fourth-order valence-electron chi connectivity index (χ4n) is 2.83. The van der Waals surface area contributed by atoms with E-state index < -0.39 is 0 Å². The molecule has 0 aromatic carbocycles. The van der Waals surface area contributed by atoms with Crippen LogP contribution in [-0.4, -0.2) is 41.3 Å². The summed E-state index contributed by atoms with van der Waals surface area (Å²) < 4.78 is 7.32. The molecule has 6 heteroatoms. The zero-order valence-electron chi connectivity index (χ0n) is 11.2. The van der Waals surface area contributed by atoms with Gasteiger partial charge in [-0.15, -0.1) is 0 Å². The molecule has 1 aromatic heterocycles. The predicted molar refractivity (Wildman–Crippen MR) is 71.2 cm³/mol. The van der Waals surface area contributed by atoms with Crippen LogP contribution in [0.3, 0.4) is 0 Å². The minimum absolute atomic E-state index is 0.0783. The van der Waals surface area contributed by atoms with Crippen molar-refractivity contribution in [2.24, 2.45) is 0 Å². The van der Waals surface area contributed by atoms with Crippen LogP contribution in [-0.2, 0) is 11.3 Å². The first kappa shape index (κ1) is 12.5. The molecule has 104 valence electrons. The number of anilines is 1. The van der Waals surface area contributed by atoms with E-state index >= 15 is 0 Å². The average molecular weight is 264 g/mol. The molecule has 0 bridgehead atoms. The van der Waals surface area contributed by atoms with Gasteiger partial charge < -0.3 is 19.9 Å². The third-order valence-electron chi connectivity index (χ3n) is 3.92. The molecule has 1 fully saturated rings. The second-order valence-electron chi connectivity index (χ2n) is 5.26. The van der Waals surface area contributed by atoms with Crippen molar-refractivity contribution in [2.45, 2.75) is 44.4 Å². The standard InChI is InChI=1S/C13H20N4O2/c1-19-10-4-3-9(7-10)15-12(18)11-8-17-6-2-5-14-13(17)16-11/h8-10H,2-7H2,1H3,(H,14,16)(H,15,18). The van der Waals surface area contributed by atoms with E-state index in [0.717, 1.165) is 44.7 Å². The van der Waals surface area contributed by atoms with Crippen LogP contribution in [0, 0.1) is 0 Å². The zero-order chi connectivity index (χ0) is 13.2. The van der Waals surface area contributed by atoms with Gasteiger partial charge in [0.25, 0.3) is 5.91 Å². The summed E-state index contributed by atoms with van der Waals surface area (Å²) in [7, 11) is 1.73. The number of rotatable bonds is 3. The van der Waals surface area contributed by atoms with E-state index in [9.17, 15) is 4.79 Å². The topological polar surface area (TPSA) is 68.2 Å². The molecule has 2 atom stereocenters. The van der Waals surface area contributed by atoms with Gasteiger partial charge in [-0.25, -0.2) is 4.98 Å². The van der Waals surface area contributed by atoms with E-state index in [2.05, 4.69) is 15.6 Å². The number of hydrogen-bond acceptors (Lipinski definition) is 4. The maximum atomic E-state index is 12.2. The summed E-state index contributed by atoms with van der Waals surface area (Å²) in [6.45, 7) is 1.86. The van der Waals surface area contributed by atoms with E-state index in [4.69, 9.17) is 4.74 Å². The summed E-state index contributed by atoms with van der Waals surface area (Å²) in [6.07, 6.45) is 6.08. The van der Waals surface area contributed by atoms with Gasteiger partial charge in [0.1, 0.15) is 5.69 Å². The molecular weight excluding hydrogens is 244 g/mol. The number of carbonyl (C=O) groups is 1. The highest BCUT2D eigenvalue weighted by atomic mass is 16.5. The molecule has 3 rings (SSSR count). The number of imidazole rings is 1. The Kier molecular flexibility index (Phi) is 3.42. The van der Waals surface area contributed by atoms with Crippen molar-refractivity contribution in [1.82, 2.24) is 14.9 Å². The Labute approximate surface area is 112 Å². The first-order chi connectivity index (χ1) is 9.26. The van der Waals surface area contributed by atoms with Crippen LogP contribution in [0.25, 0.3) is 0 Å². The molecule has 1 saturated carbocycles. The first-order valence-electron chi connectivity index (χ1n) is 6.91. The molecule has 0 saturated heterocycles. The molecule has 19 heavy (non-hydrogen) atoms. The van der Waals surface area contributed by atoms with Crippen LogP contribution < -0.4 is 10.6 Å². The number of ether oxygens (including phenoxy) is 1. The normalized spacial score (nSPS) is 25.7. The molecule has 0 spiro atoms. The van der Waals surface area contributed by atoms with Gasteiger partial charge in [0.2, 0.25) is 5.95 Å². The Bertz CT molecular complexity index is 448. The maximum absolute atomic E-state index is 12.2. The predicted octanol–water partition coefficient (Wildman–Crippen LogP) is 0.996. The second kappa shape index (κ2) is 5.21. The highest BCUT2D eigenvalue weighted by Gasteiger charge is 2.27. The van der Waals surface area contributed by atoms with Gasteiger partial charge in [0.05, 0.1) is 6.10 Å². The lowest BCUT2D eigenvalue weighted by atomic mass is 10.2. The smallest absolute Gasteiger partial charge is 0.271 e. The van der Waals surface area contributed by atoms with Gasteiger partial charge in [0.15, 0.2) is 0 Å². The van der Waals surface area contributed by atoms with Gasteiger partial charge in [0, 0.05) is 32.4 Å². The maximum Gasteiger partial charge on any atom is 0.271 e. The fourth-order valence-corrected chi connectivity index (χ4v) is 2.83. The number of methoxy groups -OCH3 is 1. The first-order valence-corrected chi connectivity index (χ1v) is 6.91. The third kappa shape index (κ3) is 2.58. The Morgan fingerprint density at radius 1 is 1.58 bits per heavy atom. The summed E-state index contributed by atoms with van der Waals surface area (Å²) >= 11 is 0. The SMILES string of the molecule is COC1CCC(NC(=O)c2cn3c(n2)NCCC3)C1. The zero-order valence-corrected chi connectivity index (χ0v) is 11.2. The minimum Gasteiger partial charge on any atom is -0.381 e. The number of fused-ring (bicyclic) bond motifs is 1. The number of nitrogens with one attached hydrogen (secondary N) is 2. The van der Waals surface area contributed by atoms with Crippen LogP contribution in [0.2, 0.25) is 0 Å². The van der Waals surface area contributed by atoms with Crippen molar-refractivity contribution in [3.8, 4) is 0 Å². The van der Waals surface area contributed by atoms with E-state index in [1.54, 1.807) is 7.11 Å². The van der Waals surface area contributed by atoms with Crippen LogP contribution in [0.15, 0.2) is 6.20 Å². The molecule has 1 aliphatic carbocycles. The Morgan fingerprint density at radius 3 is 3.21 bits per heavy atom. The highest BCUT2D eigenvalue weighted by molar-refractivity contribution is 5.92. The summed E-state index contributed by atoms with van der Waals surface area (Å²) in [6, 6.07) is 0.212. The van der Waals surface area contributed by atoms with E-state index in [-0.39, 0.29) is 18.1 Å². The molecule has 2 heterocycles. The van der Waals surface area contributed by atoms with Crippen LogP contribution in [0.5, 0.6) is 0 Å². The monoisotopic (exact) mass is 264 g/mol. The molecular formula is C13H20N4O2. The summed E-state index contributed by atoms with van der Waals surface area (Å²) in [5.74, 6) is 0.725. The Morgan fingerprint density at radius 2 is 2.47 bits per heavy atom. The number of nitrogens with zero attached hydrogens (tertiary/aromatic N) is 2. The average Bonchev–Trinajstić information content (AvgIpc) is 3.04. The lowest BCUT2D eigenvalue weighted by Crippen LogP contribution is -2.33. The third-order valence-corrected chi connectivity index (χ3v) is 3.92. The summed E-state index contributed by atoms with van der Waals surface area (Å²) in [5, 5.41) is 6.25. The highest BCUT2D eigenvalue weighted by Crippen LogP contribution is 2.22. The van der Waals surface area contributed by atoms with Crippen molar-refractivity contribution < 1.29 is 9.53 Å². The molecule has 6 nitrogen and oxygen atoms in total.